The SMILES string of the molecule is CNS(=O)(=O)CCN1CC2NC(C3CCCCC3)NC(C3CCN(CC4CCCNC4)N3)C2C1. The second-order valence-electron chi connectivity index (χ2n) is 11.5. The molecule has 6 unspecified atom stereocenters. The summed E-state index contributed by atoms with van der Waals surface area (Å²) >= 11 is 0. The fourth-order valence-electron chi connectivity index (χ4n) is 7.21. The molecule has 6 atom stereocenters. The predicted octanol–water partition coefficient (Wildman–Crippen LogP) is -0.118. The average Bonchev–Trinajstić information content (AvgIpc) is 3.50. The Labute approximate surface area is 206 Å². The monoisotopic (exact) mass is 497 g/mol. The Balaban J connectivity index is 1.24. The quantitative estimate of drug-likeness (QED) is 0.317. The Morgan fingerprint density at radius 1 is 0.971 bits per heavy atom. The van der Waals surface area contributed by atoms with Crippen molar-refractivity contribution < 1.29 is 8.42 Å². The van der Waals surface area contributed by atoms with Crippen molar-refractivity contribution in [1.29, 1.82) is 0 Å². The standard InChI is InChI=1S/C24H47N7O2S/c1-25-34(32,33)13-12-30-16-20-22(17-30)27-24(19-7-3-2-4-8-19)28-23(20)21-9-11-31(29-21)15-18-6-5-10-26-14-18/h18-29H,2-17H2,1H3. The number of nitrogens with one attached hydrogen (secondary N) is 5. The Morgan fingerprint density at radius 2 is 1.82 bits per heavy atom. The molecule has 5 rings (SSSR count). The first kappa shape index (κ1) is 25.3. The summed E-state index contributed by atoms with van der Waals surface area (Å²) in [6, 6.07) is 1.32. The Bertz CT molecular complexity index is 756. The van der Waals surface area contributed by atoms with Crippen molar-refractivity contribution in [2.75, 3.05) is 58.6 Å². The topological polar surface area (TPSA) is 101 Å². The van der Waals surface area contributed by atoms with E-state index in [0.29, 0.717) is 42.7 Å². The van der Waals surface area contributed by atoms with E-state index < -0.39 is 10.0 Å². The van der Waals surface area contributed by atoms with Crippen LogP contribution in [0.3, 0.4) is 0 Å². The van der Waals surface area contributed by atoms with Crippen LogP contribution in [-0.2, 0) is 10.0 Å². The van der Waals surface area contributed by atoms with Crippen molar-refractivity contribution in [3.05, 3.63) is 0 Å². The minimum Gasteiger partial charge on any atom is -0.316 e. The molecule has 34 heavy (non-hydrogen) atoms. The number of likely N-dealkylation sites (tertiary alicyclic amines) is 1. The van der Waals surface area contributed by atoms with Gasteiger partial charge < -0.3 is 10.2 Å². The number of piperidine rings is 1. The lowest BCUT2D eigenvalue weighted by Gasteiger charge is -2.46. The Morgan fingerprint density at radius 3 is 2.59 bits per heavy atom. The highest BCUT2D eigenvalue weighted by atomic mass is 32.2. The Hall–Kier alpha value is -0.330. The van der Waals surface area contributed by atoms with Crippen LogP contribution in [0.15, 0.2) is 0 Å². The minimum atomic E-state index is -3.17. The van der Waals surface area contributed by atoms with E-state index in [4.69, 9.17) is 0 Å². The van der Waals surface area contributed by atoms with E-state index in [1.54, 1.807) is 0 Å². The molecular weight excluding hydrogens is 450 g/mol. The lowest BCUT2D eigenvalue weighted by atomic mass is 9.81. The molecule has 196 valence electrons. The lowest BCUT2D eigenvalue weighted by molar-refractivity contribution is 0.0975. The summed E-state index contributed by atoms with van der Waals surface area (Å²) in [7, 11) is -1.66. The second-order valence-corrected chi connectivity index (χ2v) is 13.5. The number of sulfonamides is 1. The maximum Gasteiger partial charge on any atom is 0.212 e. The first-order valence-electron chi connectivity index (χ1n) is 13.9. The molecule has 4 aliphatic heterocycles. The number of fused-ring (bicyclic) bond motifs is 1. The smallest absolute Gasteiger partial charge is 0.212 e. The molecule has 0 amide bonds. The third kappa shape index (κ3) is 6.14. The number of hydrogen-bond acceptors (Lipinski definition) is 8. The van der Waals surface area contributed by atoms with Gasteiger partial charge in [-0.25, -0.2) is 18.1 Å². The van der Waals surface area contributed by atoms with Crippen LogP contribution in [0.4, 0.5) is 0 Å². The molecule has 1 aliphatic carbocycles. The maximum atomic E-state index is 12.0. The number of hydrazine groups is 1. The van der Waals surface area contributed by atoms with Crippen molar-refractivity contribution in [3.8, 4) is 0 Å². The van der Waals surface area contributed by atoms with Crippen LogP contribution in [0.5, 0.6) is 0 Å². The molecule has 4 heterocycles. The molecule has 10 heteroatoms. The molecule has 5 aliphatic rings. The third-order valence-electron chi connectivity index (χ3n) is 9.15. The summed E-state index contributed by atoms with van der Waals surface area (Å²) in [5.41, 5.74) is 3.92. The molecule has 0 aromatic rings. The summed E-state index contributed by atoms with van der Waals surface area (Å²) in [5.74, 6) is 2.14. The van der Waals surface area contributed by atoms with Gasteiger partial charge in [0.1, 0.15) is 0 Å². The molecule has 5 fully saturated rings. The second kappa shape index (κ2) is 11.4. The van der Waals surface area contributed by atoms with Crippen molar-refractivity contribution in [3.63, 3.8) is 0 Å². The van der Waals surface area contributed by atoms with Gasteiger partial charge in [-0.3, -0.25) is 16.1 Å². The van der Waals surface area contributed by atoms with Crippen molar-refractivity contribution in [2.45, 2.75) is 75.7 Å². The summed E-state index contributed by atoms with van der Waals surface area (Å²) < 4.78 is 26.5. The zero-order valence-corrected chi connectivity index (χ0v) is 21.8. The minimum absolute atomic E-state index is 0.179. The van der Waals surface area contributed by atoms with Gasteiger partial charge in [0.2, 0.25) is 10.0 Å². The predicted molar refractivity (Wildman–Crippen MR) is 136 cm³/mol. The van der Waals surface area contributed by atoms with E-state index in [2.05, 4.69) is 36.0 Å². The van der Waals surface area contributed by atoms with Crippen LogP contribution in [0.25, 0.3) is 0 Å². The van der Waals surface area contributed by atoms with Gasteiger partial charge in [-0.1, -0.05) is 19.3 Å². The number of rotatable bonds is 8. The molecule has 4 saturated heterocycles. The zero-order valence-electron chi connectivity index (χ0n) is 21.0. The molecule has 0 radical (unpaired) electrons. The molecule has 0 spiro atoms. The molecule has 0 bridgehead atoms. The van der Waals surface area contributed by atoms with Crippen molar-refractivity contribution in [1.82, 2.24) is 36.0 Å². The van der Waals surface area contributed by atoms with E-state index in [-0.39, 0.29) is 5.75 Å². The average molecular weight is 498 g/mol. The van der Waals surface area contributed by atoms with Crippen LogP contribution in [0.2, 0.25) is 0 Å². The van der Waals surface area contributed by atoms with Crippen LogP contribution >= 0.6 is 0 Å². The highest BCUT2D eigenvalue weighted by Gasteiger charge is 2.48. The van der Waals surface area contributed by atoms with Gasteiger partial charge >= 0.3 is 0 Å². The Kier molecular flexibility index (Phi) is 8.47. The highest BCUT2D eigenvalue weighted by Crippen LogP contribution is 2.33. The van der Waals surface area contributed by atoms with Gasteiger partial charge in [-0.15, -0.1) is 0 Å². The summed E-state index contributed by atoms with van der Waals surface area (Å²) in [6.45, 7) is 7.12. The van der Waals surface area contributed by atoms with E-state index in [9.17, 15) is 8.42 Å². The van der Waals surface area contributed by atoms with Crippen LogP contribution in [-0.4, -0.2) is 101 Å². The fraction of sp³-hybridized carbons (Fsp3) is 1.00. The van der Waals surface area contributed by atoms with Crippen molar-refractivity contribution in [2.24, 2.45) is 17.8 Å². The first-order chi connectivity index (χ1) is 16.5. The van der Waals surface area contributed by atoms with E-state index >= 15 is 0 Å². The number of nitrogens with zero attached hydrogens (tertiary/aromatic N) is 2. The molecule has 1 saturated carbocycles. The van der Waals surface area contributed by atoms with E-state index in [0.717, 1.165) is 38.6 Å². The summed E-state index contributed by atoms with van der Waals surface area (Å²) in [4.78, 5) is 2.37. The van der Waals surface area contributed by atoms with Crippen LogP contribution in [0.1, 0.15) is 51.4 Å². The fourth-order valence-corrected chi connectivity index (χ4v) is 7.91. The van der Waals surface area contributed by atoms with Gasteiger partial charge in [0.25, 0.3) is 0 Å². The normalized spacial score (nSPS) is 38.9. The zero-order chi connectivity index (χ0) is 23.5. The summed E-state index contributed by atoms with van der Waals surface area (Å²) in [6.07, 6.45) is 10.9. The highest BCUT2D eigenvalue weighted by molar-refractivity contribution is 7.89. The molecule has 0 aromatic heterocycles. The molecular formula is C24H47N7O2S. The van der Waals surface area contributed by atoms with Gasteiger partial charge in [0.05, 0.1) is 11.9 Å². The lowest BCUT2D eigenvalue weighted by Crippen LogP contribution is -2.69. The van der Waals surface area contributed by atoms with E-state index in [1.807, 2.05) is 0 Å². The van der Waals surface area contributed by atoms with Gasteiger partial charge in [-0.2, -0.15) is 0 Å². The van der Waals surface area contributed by atoms with Crippen LogP contribution < -0.4 is 26.1 Å². The molecule has 9 nitrogen and oxygen atoms in total. The van der Waals surface area contributed by atoms with E-state index in [1.165, 1.54) is 65.0 Å². The first-order valence-corrected chi connectivity index (χ1v) is 15.5. The largest absolute Gasteiger partial charge is 0.316 e. The van der Waals surface area contributed by atoms with Crippen molar-refractivity contribution >= 4 is 10.0 Å². The summed E-state index contributed by atoms with van der Waals surface area (Å²) in [5, 5.41) is 14.1. The van der Waals surface area contributed by atoms with Gasteiger partial charge in [-0.05, 0) is 64.1 Å². The van der Waals surface area contributed by atoms with Gasteiger partial charge in [0, 0.05) is 56.8 Å². The molecule has 5 N–H and O–H groups in total. The third-order valence-corrected chi connectivity index (χ3v) is 10.5. The van der Waals surface area contributed by atoms with Crippen LogP contribution in [0, 0.1) is 17.8 Å². The number of hydrogen-bond donors (Lipinski definition) is 5. The maximum absolute atomic E-state index is 12.0. The molecule has 0 aromatic carbocycles. The van der Waals surface area contributed by atoms with Gasteiger partial charge in [0.15, 0.2) is 0 Å².